The number of hydrogen-bond acceptors (Lipinski definition) is 1. The normalized spacial score (nSPS) is 12.3. The Kier molecular flexibility index (Phi) is 18.2. The molecule has 0 aliphatic rings. The van der Waals surface area contributed by atoms with Crippen molar-refractivity contribution in [2.45, 2.75) is 103 Å². The van der Waals surface area contributed by atoms with E-state index in [0.717, 1.165) is 17.4 Å². The Hall–Kier alpha value is -0.340. The number of rotatable bonds is 19. The van der Waals surface area contributed by atoms with Crippen LogP contribution in [0.2, 0.25) is 0 Å². The van der Waals surface area contributed by atoms with Crippen molar-refractivity contribution in [2.24, 2.45) is 0 Å². The lowest BCUT2D eigenvalue weighted by molar-refractivity contribution is -0.890. The summed E-state index contributed by atoms with van der Waals surface area (Å²) in [4.78, 5) is 0. The summed E-state index contributed by atoms with van der Waals surface area (Å²) in [7, 11) is 4.57. The second-order valence-electron chi connectivity index (χ2n) is 8.40. The maximum Gasteiger partial charge on any atom is 0.0804 e. The largest absolute Gasteiger partial charge is 0.396 e. The van der Waals surface area contributed by atoms with Crippen LogP contribution in [-0.2, 0) is 0 Å². The van der Waals surface area contributed by atoms with Gasteiger partial charge in [-0.15, -0.1) is 0 Å². The minimum Gasteiger partial charge on any atom is -0.396 e. The maximum atomic E-state index is 8.93. The van der Waals surface area contributed by atoms with E-state index in [0.29, 0.717) is 6.61 Å². The average molecular weight is 355 g/mol. The van der Waals surface area contributed by atoms with Crippen LogP contribution in [0.1, 0.15) is 103 Å². The number of quaternary nitrogens is 1. The van der Waals surface area contributed by atoms with Gasteiger partial charge in [-0.25, -0.2) is 0 Å². The molecule has 0 atom stereocenters. The van der Waals surface area contributed by atoms with E-state index in [1.54, 1.807) is 0 Å². The number of aliphatic hydroxyl groups is 1. The summed E-state index contributed by atoms with van der Waals surface area (Å²) in [5.74, 6) is 0. The summed E-state index contributed by atoms with van der Waals surface area (Å²) in [6.45, 7) is 4.96. The van der Waals surface area contributed by atoms with Crippen molar-refractivity contribution >= 4 is 0 Å². The van der Waals surface area contributed by atoms with Crippen molar-refractivity contribution in [2.75, 3.05) is 33.8 Å². The average Bonchev–Trinajstić information content (AvgIpc) is 2.59. The van der Waals surface area contributed by atoms with E-state index in [4.69, 9.17) is 5.11 Å². The van der Waals surface area contributed by atoms with E-state index in [2.05, 4.69) is 33.2 Å². The van der Waals surface area contributed by atoms with Gasteiger partial charge in [-0.1, -0.05) is 70.4 Å². The van der Waals surface area contributed by atoms with Gasteiger partial charge in [-0.05, 0) is 38.5 Å². The summed E-state index contributed by atoms with van der Waals surface area (Å²) >= 11 is 0. The minimum absolute atomic E-state index is 0.328. The van der Waals surface area contributed by atoms with Gasteiger partial charge in [-0.3, -0.25) is 0 Å². The first kappa shape index (κ1) is 24.7. The molecule has 25 heavy (non-hydrogen) atoms. The van der Waals surface area contributed by atoms with E-state index < -0.39 is 0 Å². The van der Waals surface area contributed by atoms with Crippen molar-refractivity contribution in [3.8, 4) is 0 Å². The Bertz CT molecular complexity index is 286. The highest BCUT2D eigenvalue weighted by molar-refractivity contribution is 4.81. The van der Waals surface area contributed by atoms with Crippen LogP contribution < -0.4 is 0 Å². The van der Waals surface area contributed by atoms with Crippen LogP contribution in [0.3, 0.4) is 0 Å². The molecule has 0 saturated carbocycles. The van der Waals surface area contributed by atoms with Gasteiger partial charge in [0.05, 0.1) is 27.2 Å². The molecule has 2 nitrogen and oxygen atoms in total. The van der Waals surface area contributed by atoms with Crippen LogP contribution in [0.4, 0.5) is 0 Å². The van der Waals surface area contributed by atoms with Crippen LogP contribution in [0.15, 0.2) is 12.2 Å². The van der Waals surface area contributed by atoms with E-state index >= 15 is 0 Å². The highest BCUT2D eigenvalue weighted by atomic mass is 16.3. The van der Waals surface area contributed by atoms with Gasteiger partial charge >= 0.3 is 0 Å². The highest BCUT2D eigenvalue weighted by Crippen LogP contribution is 2.11. The molecule has 0 saturated heterocycles. The Labute approximate surface area is 159 Å². The molecule has 2 heteroatoms. The number of nitrogens with zero attached hydrogens (tertiary/aromatic N) is 1. The monoisotopic (exact) mass is 354 g/mol. The zero-order valence-corrected chi connectivity index (χ0v) is 17.8. The van der Waals surface area contributed by atoms with Gasteiger partial charge in [0.15, 0.2) is 0 Å². The molecule has 0 aromatic rings. The lowest BCUT2D eigenvalue weighted by atomic mass is 10.1. The maximum absolute atomic E-state index is 8.93. The van der Waals surface area contributed by atoms with Crippen LogP contribution in [0.5, 0.6) is 0 Å². The molecule has 0 aliphatic heterocycles. The Morgan fingerprint density at radius 3 is 1.56 bits per heavy atom. The summed E-state index contributed by atoms with van der Waals surface area (Å²) in [5, 5.41) is 8.93. The van der Waals surface area contributed by atoms with Gasteiger partial charge in [0.2, 0.25) is 0 Å². The predicted molar refractivity (Wildman–Crippen MR) is 113 cm³/mol. The lowest BCUT2D eigenvalue weighted by Crippen LogP contribution is -2.41. The summed E-state index contributed by atoms with van der Waals surface area (Å²) in [5.41, 5.74) is 0. The van der Waals surface area contributed by atoms with E-state index in [9.17, 15) is 0 Å². The molecule has 0 bridgehead atoms. The topological polar surface area (TPSA) is 20.2 Å². The van der Waals surface area contributed by atoms with Crippen molar-refractivity contribution in [3.63, 3.8) is 0 Å². The van der Waals surface area contributed by atoms with E-state index in [1.165, 1.54) is 96.4 Å². The number of aliphatic hydroxyl groups excluding tert-OH is 1. The van der Waals surface area contributed by atoms with Crippen LogP contribution in [-0.4, -0.2) is 43.4 Å². The summed E-state index contributed by atoms with van der Waals surface area (Å²) in [6.07, 6.45) is 25.0. The van der Waals surface area contributed by atoms with Gasteiger partial charge in [-0.2, -0.15) is 0 Å². The van der Waals surface area contributed by atoms with Crippen LogP contribution >= 0.6 is 0 Å². The van der Waals surface area contributed by atoms with Gasteiger partial charge in [0.25, 0.3) is 0 Å². The number of hydrogen-bond donors (Lipinski definition) is 1. The first-order chi connectivity index (χ1) is 12.1. The zero-order valence-electron chi connectivity index (χ0n) is 17.8. The second-order valence-corrected chi connectivity index (χ2v) is 8.40. The molecule has 0 unspecified atom stereocenters. The Morgan fingerprint density at radius 2 is 1.04 bits per heavy atom. The van der Waals surface area contributed by atoms with Crippen LogP contribution in [0, 0.1) is 0 Å². The Morgan fingerprint density at radius 1 is 0.600 bits per heavy atom. The smallest absolute Gasteiger partial charge is 0.0804 e. The minimum atomic E-state index is 0.328. The highest BCUT2D eigenvalue weighted by Gasteiger charge is 2.12. The zero-order chi connectivity index (χ0) is 18.6. The molecular formula is C23H48NO+. The SMILES string of the molecule is CCCCCCCC/C=C\CCCCCCCC[N+](C)(C)CCCO. The molecule has 0 spiro atoms. The fraction of sp³-hybridized carbons (Fsp3) is 0.913. The molecule has 0 aromatic carbocycles. The molecule has 0 rings (SSSR count). The number of allylic oxidation sites excluding steroid dienone is 2. The predicted octanol–water partition coefficient (Wildman–Crippen LogP) is 6.48. The molecule has 0 heterocycles. The fourth-order valence-corrected chi connectivity index (χ4v) is 3.40. The molecule has 0 aliphatic carbocycles. The lowest BCUT2D eigenvalue weighted by Gasteiger charge is -2.29. The quantitative estimate of drug-likeness (QED) is 0.160. The third-order valence-corrected chi connectivity index (χ3v) is 5.20. The van der Waals surface area contributed by atoms with Crippen molar-refractivity contribution in [3.05, 3.63) is 12.2 Å². The molecule has 0 amide bonds. The van der Waals surface area contributed by atoms with Crippen LogP contribution in [0.25, 0.3) is 0 Å². The summed E-state index contributed by atoms with van der Waals surface area (Å²) in [6, 6.07) is 0. The molecule has 1 N–H and O–H groups in total. The third kappa shape index (κ3) is 19.8. The first-order valence-electron chi connectivity index (χ1n) is 11.2. The molecule has 0 aromatic heterocycles. The number of unbranched alkanes of at least 4 members (excludes halogenated alkanes) is 12. The van der Waals surface area contributed by atoms with Gasteiger partial charge in [0.1, 0.15) is 0 Å². The Balaban J connectivity index is 3.24. The van der Waals surface area contributed by atoms with Gasteiger partial charge < -0.3 is 9.59 Å². The molecule has 0 fully saturated rings. The third-order valence-electron chi connectivity index (χ3n) is 5.20. The van der Waals surface area contributed by atoms with E-state index in [-0.39, 0.29) is 0 Å². The van der Waals surface area contributed by atoms with E-state index in [1.807, 2.05) is 0 Å². The fourth-order valence-electron chi connectivity index (χ4n) is 3.40. The first-order valence-corrected chi connectivity index (χ1v) is 11.2. The summed E-state index contributed by atoms with van der Waals surface area (Å²) < 4.78 is 1.06. The molecular weight excluding hydrogens is 306 g/mol. The van der Waals surface area contributed by atoms with Gasteiger partial charge in [0, 0.05) is 13.0 Å². The van der Waals surface area contributed by atoms with Crippen molar-refractivity contribution < 1.29 is 9.59 Å². The standard InChI is InChI=1S/C23H48NO/c1-4-5-6-7-8-9-10-11-12-13-14-15-16-17-18-19-21-24(2,3)22-20-23-25/h11-12,25H,4-10,13-23H2,1-3H3/q+1/b12-11-. The molecule has 150 valence electrons. The molecule has 0 radical (unpaired) electrons. The van der Waals surface area contributed by atoms with Crippen molar-refractivity contribution in [1.82, 2.24) is 0 Å². The van der Waals surface area contributed by atoms with Crippen molar-refractivity contribution in [1.29, 1.82) is 0 Å². The second kappa shape index (κ2) is 18.5.